The molecule has 0 aromatic carbocycles. The molecule has 9 heavy (non-hydrogen) atoms. The van der Waals surface area contributed by atoms with E-state index in [0.29, 0.717) is 5.76 Å². The highest BCUT2D eigenvalue weighted by Gasteiger charge is 1.97. The van der Waals surface area contributed by atoms with Gasteiger partial charge in [0.2, 0.25) is 0 Å². The van der Waals surface area contributed by atoms with Crippen molar-refractivity contribution in [3.05, 3.63) is 22.8 Å². The molecular formula is C5H5NO3. The smallest absolute Gasteiger partial charge is 0.260 e. The van der Waals surface area contributed by atoms with Crippen LogP contribution in [-0.2, 0) is 6.61 Å². The first kappa shape index (κ1) is 5.97. The summed E-state index contributed by atoms with van der Waals surface area (Å²) in [6.45, 7) is -0.199. The molecule has 0 atom stereocenters. The van der Waals surface area contributed by atoms with Crippen molar-refractivity contribution in [2.75, 3.05) is 0 Å². The van der Waals surface area contributed by atoms with Crippen molar-refractivity contribution < 1.29 is 9.52 Å². The third kappa shape index (κ3) is 1.14. The van der Waals surface area contributed by atoms with Gasteiger partial charge in [-0.05, 0) is 6.07 Å². The van der Waals surface area contributed by atoms with Gasteiger partial charge in [0, 0.05) is 11.2 Å². The minimum absolute atomic E-state index is 0.000880. The van der Waals surface area contributed by atoms with Gasteiger partial charge in [0.25, 0.3) is 5.88 Å². The average molecular weight is 127 g/mol. The maximum absolute atomic E-state index is 9.71. The number of nitrogens with zero attached hydrogens (tertiary/aromatic N) is 1. The number of hydrogen-bond acceptors (Lipinski definition) is 4. The van der Waals surface area contributed by atoms with Crippen molar-refractivity contribution in [1.82, 2.24) is 0 Å². The molecule has 48 valence electrons. The Morgan fingerprint density at radius 3 is 2.78 bits per heavy atom. The van der Waals surface area contributed by atoms with Gasteiger partial charge in [0.15, 0.2) is 0 Å². The lowest BCUT2D eigenvalue weighted by atomic mass is 10.5. The summed E-state index contributed by atoms with van der Waals surface area (Å²) in [6.07, 6.45) is 0. The Bertz CT molecular complexity index is 206. The molecule has 1 aromatic heterocycles. The van der Waals surface area contributed by atoms with E-state index < -0.39 is 0 Å². The van der Waals surface area contributed by atoms with Crippen molar-refractivity contribution in [2.45, 2.75) is 6.61 Å². The monoisotopic (exact) mass is 127 g/mol. The summed E-state index contributed by atoms with van der Waals surface area (Å²) in [6, 6.07) is 2.90. The minimum Gasteiger partial charge on any atom is -0.438 e. The van der Waals surface area contributed by atoms with Gasteiger partial charge in [-0.2, -0.15) is 0 Å². The van der Waals surface area contributed by atoms with Crippen molar-refractivity contribution >= 4 is 5.88 Å². The standard InChI is InChI=1S/C5H5NO3/c7-3-4-1-2-5(6-8)9-4/h1-2,7H,3H2. The lowest BCUT2D eigenvalue weighted by Gasteiger charge is -1.81. The molecule has 1 heterocycles. The highest BCUT2D eigenvalue weighted by molar-refractivity contribution is 5.23. The van der Waals surface area contributed by atoms with Gasteiger partial charge in [-0.1, -0.05) is 0 Å². The van der Waals surface area contributed by atoms with E-state index in [0.717, 1.165) is 0 Å². The molecule has 0 bridgehead atoms. The van der Waals surface area contributed by atoms with E-state index in [1.54, 1.807) is 0 Å². The van der Waals surface area contributed by atoms with Crippen LogP contribution < -0.4 is 0 Å². The first-order chi connectivity index (χ1) is 4.36. The fourth-order valence-electron chi connectivity index (χ4n) is 0.501. The molecule has 0 aliphatic carbocycles. The third-order valence-corrected chi connectivity index (χ3v) is 0.893. The van der Waals surface area contributed by atoms with Crippen LogP contribution in [0.15, 0.2) is 21.7 Å². The second-order valence-corrected chi connectivity index (χ2v) is 1.49. The molecule has 4 nitrogen and oxygen atoms in total. The molecule has 0 saturated carbocycles. The van der Waals surface area contributed by atoms with Gasteiger partial charge in [0.05, 0.1) is 0 Å². The fraction of sp³-hybridized carbons (Fsp3) is 0.200. The van der Waals surface area contributed by atoms with Gasteiger partial charge in [-0.15, -0.1) is 4.91 Å². The van der Waals surface area contributed by atoms with Crippen molar-refractivity contribution in [2.24, 2.45) is 5.18 Å². The molecule has 0 radical (unpaired) electrons. The van der Waals surface area contributed by atoms with Crippen molar-refractivity contribution in [1.29, 1.82) is 0 Å². The summed E-state index contributed by atoms with van der Waals surface area (Å²) in [7, 11) is 0. The second-order valence-electron chi connectivity index (χ2n) is 1.49. The van der Waals surface area contributed by atoms with Crippen LogP contribution in [0.3, 0.4) is 0 Å². The third-order valence-electron chi connectivity index (χ3n) is 0.893. The van der Waals surface area contributed by atoms with Crippen LogP contribution in [0.5, 0.6) is 0 Å². The molecule has 1 N–H and O–H groups in total. The van der Waals surface area contributed by atoms with Crippen LogP contribution in [0.4, 0.5) is 5.88 Å². The van der Waals surface area contributed by atoms with Crippen LogP contribution >= 0.6 is 0 Å². The first-order valence-corrected chi connectivity index (χ1v) is 2.39. The lowest BCUT2D eigenvalue weighted by Crippen LogP contribution is -1.72. The van der Waals surface area contributed by atoms with E-state index in [1.165, 1.54) is 12.1 Å². The van der Waals surface area contributed by atoms with Crippen LogP contribution in [0.25, 0.3) is 0 Å². The molecule has 0 fully saturated rings. The normalized spacial score (nSPS) is 9.44. The summed E-state index contributed by atoms with van der Waals surface area (Å²) in [5, 5.41) is 10.9. The zero-order chi connectivity index (χ0) is 6.69. The molecular weight excluding hydrogens is 122 g/mol. The van der Waals surface area contributed by atoms with E-state index in [2.05, 4.69) is 9.59 Å². The average Bonchev–Trinajstić information content (AvgIpc) is 2.34. The van der Waals surface area contributed by atoms with Gasteiger partial charge in [-0.25, -0.2) is 0 Å². The predicted molar refractivity (Wildman–Crippen MR) is 30.1 cm³/mol. The largest absolute Gasteiger partial charge is 0.438 e. The Kier molecular flexibility index (Phi) is 1.60. The SMILES string of the molecule is O=Nc1ccc(CO)o1. The summed E-state index contributed by atoms with van der Waals surface area (Å²) in [5.74, 6) is 0.351. The van der Waals surface area contributed by atoms with Crippen molar-refractivity contribution in [3.63, 3.8) is 0 Å². The minimum atomic E-state index is -0.199. The summed E-state index contributed by atoms with van der Waals surface area (Å²) >= 11 is 0. The Balaban J connectivity index is 2.86. The Morgan fingerprint density at radius 2 is 2.44 bits per heavy atom. The molecule has 1 rings (SSSR count). The topological polar surface area (TPSA) is 62.8 Å². The van der Waals surface area contributed by atoms with Crippen LogP contribution in [0.1, 0.15) is 5.76 Å². The summed E-state index contributed by atoms with van der Waals surface area (Å²) in [5.41, 5.74) is 0. The second kappa shape index (κ2) is 2.41. The lowest BCUT2D eigenvalue weighted by molar-refractivity contribution is 0.248. The molecule has 0 amide bonds. The maximum atomic E-state index is 9.71. The van der Waals surface area contributed by atoms with Gasteiger partial charge < -0.3 is 9.52 Å². The molecule has 0 aliphatic rings. The summed E-state index contributed by atoms with van der Waals surface area (Å²) < 4.78 is 4.65. The molecule has 1 aromatic rings. The van der Waals surface area contributed by atoms with Gasteiger partial charge >= 0.3 is 0 Å². The van der Waals surface area contributed by atoms with E-state index in [1.807, 2.05) is 0 Å². The number of aliphatic hydroxyl groups excluding tert-OH is 1. The fourth-order valence-corrected chi connectivity index (χ4v) is 0.501. The highest BCUT2D eigenvalue weighted by Crippen LogP contribution is 2.15. The zero-order valence-electron chi connectivity index (χ0n) is 4.57. The zero-order valence-corrected chi connectivity index (χ0v) is 4.57. The van der Waals surface area contributed by atoms with Gasteiger partial charge in [-0.3, -0.25) is 0 Å². The molecule has 0 aliphatic heterocycles. The maximum Gasteiger partial charge on any atom is 0.260 e. The van der Waals surface area contributed by atoms with Crippen LogP contribution in [0, 0.1) is 4.91 Å². The van der Waals surface area contributed by atoms with Crippen LogP contribution in [-0.4, -0.2) is 5.11 Å². The number of aliphatic hydroxyl groups is 1. The summed E-state index contributed by atoms with van der Waals surface area (Å²) in [4.78, 5) is 9.71. The Labute approximate surface area is 51.1 Å². The molecule has 4 heteroatoms. The molecule has 0 saturated heterocycles. The Morgan fingerprint density at radius 1 is 1.67 bits per heavy atom. The van der Waals surface area contributed by atoms with E-state index in [9.17, 15) is 4.91 Å². The molecule has 0 spiro atoms. The van der Waals surface area contributed by atoms with E-state index in [-0.39, 0.29) is 12.5 Å². The Hall–Kier alpha value is -1.16. The van der Waals surface area contributed by atoms with E-state index >= 15 is 0 Å². The van der Waals surface area contributed by atoms with Crippen molar-refractivity contribution in [3.8, 4) is 0 Å². The van der Waals surface area contributed by atoms with E-state index in [4.69, 9.17) is 5.11 Å². The van der Waals surface area contributed by atoms with Gasteiger partial charge in [0.1, 0.15) is 12.4 Å². The first-order valence-electron chi connectivity index (χ1n) is 2.39. The number of furan rings is 1. The predicted octanol–water partition coefficient (Wildman–Crippen LogP) is 1.17. The number of hydrogen-bond donors (Lipinski definition) is 1. The quantitative estimate of drug-likeness (QED) is 0.606. The number of rotatable bonds is 2. The van der Waals surface area contributed by atoms with Crippen LogP contribution in [0.2, 0.25) is 0 Å². The molecule has 0 unspecified atom stereocenters. The number of nitroso groups, excluding NO2 is 1. The highest BCUT2D eigenvalue weighted by atomic mass is 16.4.